The van der Waals surface area contributed by atoms with E-state index in [1.807, 2.05) is 4.90 Å². The maximum absolute atomic E-state index is 11.7. The Bertz CT molecular complexity index is 377. The zero-order chi connectivity index (χ0) is 13.5. The molecule has 6 nitrogen and oxygen atoms in total. The minimum Gasteiger partial charge on any atom is -0.347 e. The molecule has 0 aliphatic carbocycles. The summed E-state index contributed by atoms with van der Waals surface area (Å²) >= 11 is 0. The van der Waals surface area contributed by atoms with Crippen molar-refractivity contribution in [3.05, 3.63) is 18.0 Å². The Morgan fingerprint density at radius 2 is 1.94 bits per heavy atom. The highest BCUT2D eigenvalue weighted by Crippen LogP contribution is 2.08. The summed E-state index contributed by atoms with van der Waals surface area (Å²) in [4.78, 5) is 23.7. The van der Waals surface area contributed by atoms with E-state index in [0.29, 0.717) is 19.0 Å². The molecule has 18 heavy (non-hydrogen) atoms. The number of hydrogen-bond acceptors (Lipinski definition) is 5. The molecule has 0 bridgehead atoms. The van der Waals surface area contributed by atoms with E-state index in [1.165, 1.54) is 0 Å². The lowest BCUT2D eigenvalue weighted by atomic mass is 10.3. The van der Waals surface area contributed by atoms with Gasteiger partial charge in [0.15, 0.2) is 0 Å². The van der Waals surface area contributed by atoms with Gasteiger partial charge in [-0.3, -0.25) is 4.79 Å². The summed E-state index contributed by atoms with van der Waals surface area (Å²) in [6, 6.07) is 0. The topological polar surface area (TPSA) is 75.4 Å². The number of hydrogen-bond donors (Lipinski definition) is 1. The molecule has 0 fully saturated rings. The Hall–Kier alpha value is -1.69. The number of likely N-dealkylation sites (N-methyl/N-ethyl adjacent to an activating group) is 1. The van der Waals surface area contributed by atoms with Crippen LogP contribution < -0.4 is 10.6 Å². The van der Waals surface area contributed by atoms with Crippen molar-refractivity contribution in [1.82, 2.24) is 14.9 Å². The van der Waals surface area contributed by atoms with E-state index in [2.05, 4.69) is 16.9 Å². The number of carbonyl (C=O) groups excluding carboxylic acids is 1. The molecule has 0 saturated carbocycles. The van der Waals surface area contributed by atoms with Crippen LogP contribution in [0.3, 0.4) is 0 Å². The first-order valence-corrected chi connectivity index (χ1v) is 6.04. The molecule has 1 amide bonds. The fraction of sp³-hybridized carbons (Fsp3) is 0.583. The number of rotatable bonds is 6. The second-order valence-electron chi connectivity index (χ2n) is 4.31. The van der Waals surface area contributed by atoms with Crippen LogP contribution >= 0.6 is 0 Å². The predicted octanol–water partition coefficient (Wildman–Crippen LogP) is 0.240. The molecular formula is C12H21N5O. The molecule has 0 spiro atoms. The van der Waals surface area contributed by atoms with Crippen molar-refractivity contribution in [2.45, 2.75) is 19.9 Å². The van der Waals surface area contributed by atoms with Crippen molar-refractivity contribution in [2.75, 3.05) is 32.1 Å². The number of amides is 1. The van der Waals surface area contributed by atoms with Crippen molar-refractivity contribution in [3.8, 4) is 0 Å². The molecular weight excluding hydrogens is 230 g/mol. The van der Waals surface area contributed by atoms with E-state index in [0.717, 1.165) is 18.5 Å². The molecule has 1 rings (SSSR count). The molecule has 0 aliphatic heterocycles. The summed E-state index contributed by atoms with van der Waals surface area (Å²) in [7, 11) is 3.48. The molecule has 0 saturated heterocycles. The Labute approximate surface area is 108 Å². The van der Waals surface area contributed by atoms with Crippen molar-refractivity contribution >= 4 is 11.9 Å². The van der Waals surface area contributed by atoms with Gasteiger partial charge in [-0.1, -0.05) is 6.92 Å². The molecule has 0 radical (unpaired) electrons. The molecule has 6 heteroatoms. The van der Waals surface area contributed by atoms with Gasteiger partial charge in [-0.2, -0.15) is 0 Å². The minimum atomic E-state index is 0.0370. The SMILES string of the molecule is CCCN(CC(=O)N(C)C)c1ncc(CN)cn1. The minimum absolute atomic E-state index is 0.0370. The quantitative estimate of drug-likeness (QED) is 0.784. The van der Waals surface area contributed by atoms with Gasteiger partial charge in [0.05, 0.1) is 6.54 Å². The largest absolute Gasteiger partial charge is 0.347 e. The third-order valence-electron chi connectivity index (χ3n) is 2.53. The van der Waals surface area contributed by atoms with Gasteiger partial charge in [0.25, 0.3) is 0 Å². The van der Waals surface area contributed by atoms with Crippen LogP contribution in [0.1, 0.15) is 18.9 Å². The first-order valence-electron chi connectivity index (χ1n) is 6.04. The third kappa shape index (κ3) is 3.96. The van der Waals surface area contributed by atoms with Gasteiger partial charge in [0, 0.05) is 45.1 Å². The molecule has 0 aromatic carbocycles. The first-order chi connectivity index (χ1) is 8.58. The average molecular weight is 251 g/mol. The highest BCUT2D eigenvalue weighted by atomic mass is 16.2. The summed E-state index contributed by atoms with van der Waals surface area (Å²) < 4.78 is 0. The van der Waals surface area contributed by atoms with E-state index >= 15 is 0 Å². The normalized spacial score (nSPS) is 10.2. The van der Waals surface area contributed by atoms with Gasteiger partial charge in [-0.05, 0) is 6.42 Å². The predicted molar refractivity (Wildman–Crippen MR) is 71.1 cm³/mol. The number of carbonyl (C=O) groups is 1. The van der Waals surface area contributed by atoms with Crippen molar-refractivity contribution in [1.29, 1.82) is 0 Å². The van der Waals surface area contributed by atoms with E-state index in [4.69, 9.17) is 5.73 Å². The van der Waals surface area contributed by atoms with Gasteiger partial charge in [0.2, 0.25) is 11.9 Å². The van der Waals surface area contributed by atoms with Crippen LogP contribution in [0.25, 0.3) is 0 Å². The number of nitrogens with two attached hydrogens (primary N) is 1. The Morgan fingerprint density at radius 1 is 1.33 bits per heavy atom. The summed E-state index contributed by atoms with van der Waals surface area (Å²) in [6.45, 7) is 3.52. The average Bonchev–Trinajstić information content (AvgIpc) is 2.38. The number of nitrogens with zero attached hydrogens (tertiary/aromatic N) is 4. The Kier molecular flexibility index (Phi) is 5.51. The van der Waals surface area contributed by atoms with Crippen LogP contribution in [0.2, 0.25) is 0 Å². The van der Waals surface area contributed by atoms with E-state index in [-0.39, 0.29) is 5.91 Å². The van der Waals surface area contributed by atoms with E-state index in [1.54, 1.807) is 31.4 Å². The second-order valence-corrected chi connectivity index (χ2v) is 4.31. The first kappa shape index (κ1) is 14.4. The molecule has 0 aliphatic rings. The molecule has 1 aromatic heterocycles. The smallest absolute Gasteiger partial charge is 0.241 e. The lowest BCUT2D eigenvalue weighted by molar-refractivity contribution is -0.127. The Morgan fingerprint density at radius 3 is 2.39 bits per heavy atom. The fourth-order valence-corrected chi connectivity index (χ4v) is 1.44. The van der Waals surface area contributed by atoms with Crippen LogP contribution in [-0.2, 0) is 11.3 Å². The van der Waals surface area contributed by atoms with Gasteiger partial charge >= 0.3 is 0 Å². The van der Waals surface area contributed by atoms with Gasteiger partial charge < -0.3 is 15.5 Å². The highest BCUT2D eigenvalue weighted by Gasteiger charge is 2.14. The maximum Gasteiger partial charge on any atom is 0.241 e. The maximum atomic E-state index is 11.7. The zero-order valence-electron chi connectivity index (χ0n) is 11.3. The lowest BCUT2D eigenvalue weighted by Crippen LogP contribution is -2.38. The van der Waals surface area contributed by atoms with Gasteiger partial charge in [0.1, 0.15) is 0 Å². The van der Waals surface area contributed by atoms with Crippen LogP contribution in [0.4, 0.5) is 5.95 Å². The van der Waals surface area contributed by atoms with Crippen LogP contribution in [-0.4, -0.2) is 48.0 Å². The standard InChI is InChI=1S/C12H21N5O/c1-4-5-17(9-11(18)16(2)3)12-14-7-10(6-13)8-15-12/h7-8H,4-6,9,13H2,1-3H3. The van der Waals surface area contributed by atoms with Crippen molar-refractivity contribution < 1.29 is 4.79 Å². The number of anilines is 1. The summed E-state index contributed by atoms with van der Waals surface area (Å²) in [5.74, 6) is 0.610. The van der Waals surface area contributed by atoms with Crippen molar-refractivity contribution in [3.63, 3.8) is 0 Å². The molecule has 1 heterocycles. The van der Waals surface area contributed by atoms with E-state index in [9.17, 15) is 4.79 Å². The second kappa shape index (κ2) is 6.90. The zero-order valence-corrected chi connectivity index (χ0v) is 11.3. The fourth-order valence-electron chi connectivity index (χ4n) is 1.44. The molecule has 0 unspecified atom stereocenters. The lowest BCUT2D eigenvalue weighted by Gasteiger charge is -2.23. The van der Waals surface area contributed by atoms with Crippen LogP contribution in [0.5, 0.6) is 0 Å². The van der Waals surface area contributed by atoms with Gasteiger partial charge in [-0.15, -0.1) is 0 Å². The summed E-state index contributed by atoms with van der Waals surface area (Å²) in [6.07, 6.45) is 4.33. The van der Waals surface area contributed by atoms with Crippen LogP contribution in [0.15, 0.2) is 12.4 Å². The van der Waals surface area contributed by atoms with Crippen molar-refractivity contribution in [2.24, 2.45) is 5.73 Å². The summed E-state index contributed by atoms with van der Waals surface area (Å²) in [5, 5.41) is 0. The van der Waals surface area contributed by atoms with Crippen LogP contribution in [0, 0.1) is 0 Å². The molecule has 100 valence electrons. The van der Waals surface area contributed by atoms with E-state index < -0.39 is 0 Å². The number of aromatic nitrogens is 2. The summed E-state index contributed by atoms with van der Waals surface area (Å²) in [5.41, 5.74) is 6.38. The highest BCUT2D eigenvalue weighted by molar-refractivity contribution is 5.80. The third-order valence-corrected chi connectivity index (χ3v) is 2.53. The molecule has 1 aromatic rings. The van der Waals surface area contributed by atoms with Gasteiger partial charge in [-0.25, -0.2) is 9.97 Å². The molecule has 2 N–H and O–H groups in total. The Balaban J connectivity index is 2.79. The molecule has 0 atom stereocenters. The monoisotopic (exact) mass is 251 g/mol.